The van der Waals surface area contributed by atoms with Crippen LogP contribution in [0.25, 0.3) is 0 Å². The minimum Gasteiger partial charge on any atom is -0.323 e. The largest absolute Gasteiger partial charge is 0.323 e. The summed E-state index contributed by atoms with van der Waals surface area (Å²) in [6, 6.07) is 9.57. The molecule has 0 fully saturated rings. The van der Waals surface area contributed by atoms with Gasteiger partial charge in [-0.1, -0.05) is 19.1 Å². The van der Waals surface area contributed by atoms with Crippen molar-refractivity contribution >= 4 is 39.1 Å². The van der Waals surface area contributed by atoms with Crippen molar-refractivity contribution < 1.29 is 22.0 Å². The summed E-state index contributed by atoms with van der Waals surface area (Å²) >= 11 is 1.52. The maximum Gasteiger partial charge on any atom is 0.245 e. The number of halogens is 2. The third-order valence-electron chi connectivity index (χ3n) is 3.33. The number of benzene rings is 2. The second kappa shape index (κ2) is 8.50. The maximum absolute atomic E-state index is 14.0. The summed E-state index contributed by atoms with van der Waals surface area (Å²) in [4.78, 5) is 13.2. The molecule has 2 aromatic carbocycles. The lowest BCUT2D eigenvalue weighted by Gasteiger charge is -2.22. The molecular weight excluding hydrogens is 382 g/mol. The number of para-hydroxylation sites is 1. The zero-order valence-electron chi connectivity index (χ0n) is 14.2. The zero-order valence-corrected chi connectivity index (χ0v) is 15.8. The minimum absolute atomic E-state index is 0.389. The Morgan fingerprint density at radius 2 is 1.88 bits per heavy atom. The molecule has 0 unspecified atom stereocenters. The van der Waals surface area contributed by atoms with Crippen molar-refractivity contribution in [2.45, 2.75) is 11.8 Å². The number of carbonyl (C=O) groups excluding carboxylic acids is 1. The van der Waals surface area contributed by atoms with Crippen LogP contribution in [-0.2, 0) is 14.8 Å². The molecule has 5 nitrogen and oxygen atoms in total. The van der Waals surface area contributed by atoms with Gasteiger partial charge in [-0.25, -0.2) is 17.2 Å². The second-order valence-corrected chi connectivity index (χ2v) is 8.56. The fraction of sp³-hybridized carbons (Fsp3) is 0.235. The first-order valence-corrected chi connectivity index (χ1v) is 10.5. The van der Waals surface area contributed by atoms with Crippen molar-refractivity contribution in [2.24, 2.45) is 0 Å². The van der Waals surface area contributed by atoms with Crippen LogP contribution >= 0.6 is 11.8 Å². The van der Waals surface area contributed by atoms with Crippen LogP contribution in [0.2, 0.25) is 0 Å². The van der Waals surface area contributed by atoms with E-state index >= 15 is 0 Å². The number of sulfonamides is 1. The van der Waals surface area contributed by atoms with Gasteiger partial charge in [-0.2, -0.15) is 0 Å². The molecule has 140 valence electrons. The number of hydrogen-bond donors (Lipinski definition) is 1. The van der Waals surface area contributed by atoms with E-state index in [0.29, 0.717) is 16.1 Å². The molecule has 0 spiro atoms. The third kappa shape index (κ3) is 5.18. The molecule has 0 radical (unpaired) electrons. The van der Waals surface area contributed by atoms with Crippen molar-refractivity contribution in [2.75, 3.05) is 28.2 Å². The first-order chi connectivity index (χ1) is 12.2. The topological polar surface area (TPSA) is 66.5 Å². The van der Waals surface area contributed by atoms with Gasteiger partial charge in [0.15, 0.2) is 0 Å². The van der Waals surface area contributed by atoms with Gasteiger partial charge in [-0.05, 0) is 30.0 Å². The number of thioether (sulfide) groups is 1. The Morgan fingerprint density at radius 3 is 2.50 bits per heavy atom. The molecule has 0 aliphatic rings. The highest BCUT2D eigenvalue weighted by atomic mass is 32.2. The molecule has 0 aliphatic carbocycles. The van der Waals surface area contributed by atoms with Gasteiger partial charge in [0.25, 0.3) is 0 Å². The lowest BCUT2D eigenvalue weighted by atomic mass is 10.3. The third-order valence-corrected chi connectivity index (χ3v) is 5.41. The van der Waals surface area contributed by atoms with E-state index in [-0.39, 0.29) is 5.69 Å². The molecule has 2 rings (SSSR count). The standard InChI is InChI=1S/C17H18F2N2O3S2/c1-3-25-16-7-5-4-6-14(16)20-17(22)11-21(26(2,23)24)15-9-8-12(18)10-13(15)19/h4-10H,3,11H2,1-2H3,(H,20,22). The van der Waals surface area contributed by atoms with Crippen LogP contribution in [-0.4, -0.2) is 32.9 Å². The van der Waals surface area contributed by atoms with Crippen LogP contribution in [0.15, 0.2) is 47.4 Å². The molecule has 2 aromatic rings. The molecule has 0 bridgehead atoms. The van der Waals surface area contributed by atoms with E-state index in [0.717, 1.165) is 29.0 Å². The molecule has 0 heterocycles. The molecule has 0 saturated heterocycles. The van der Waals surface area contributed by atoms with Gasteiger partial charge in [0.2, 0.25) is 15.9 Å². The van der Waals surface area contributed by atoms with Crippen LogP contribution in [0.5, 0.6) is 0 Å². The van der Waals surface area contributed by atoms with Gasteiger partial charge in [0.1, 0.15) is 18.2 Å². The van der Waals surface area contributed by atoms with E-state index in [1.165, 1.54) is 11.8 Å². The molecule has 0 aromatic heterocycles. The fourth-order valence-electron chi connectivity index (χ4n) is 2.24. The summed E-state index contributed by atoms with van der Waals surface area (Å²) < 4.78 is 51.7. The average Bonchev–Trinajstić information content (AvgIpc) is 2.54. The van der Waals surface area contributed by atoms with Gasteiger partial charge in [0.05, 0.1) is 17.6 Å². The highest BCUT2D eigenvalue weighted by Gasteiger charge is 2.24. The molecule has 9 heteroatoms. The normalized spacial score (nSPS) is 11.2. The summed E-state index contributed by atoms with van der Waals surface area (Å²) in [6.07, 6.45) is 0.851. The molecule has 1 N–H and O–H groups in total. The predicted molar refractivity (Wildman–Crippen MR) is 100 cm³/mol. The Balaban J connectivity index is 2.26. The number of amides is 1. The van der Waals surface area contributed by atoms with Gasteiger partial charge in [0, 0.05) is 11.0 Å². The van der Waals surface area contributed by atoms with Crippen molar-refractivity contribution in [3.8, 4) is 0 Å². The summed E-state index contributed by atoms with van der Waals surface area (Å²) in [5, 5.41) is 2.64. The van der Waals surface area contributed by atoms with E-state index in [4.69, 9.17) is 0 Å². The van der Waals surface area contributed by atoms with Gasteiger partial charge >= 0.3 is 0 Å². The first kappa shape index (κ1) is 20.2. The lowest BCUT2D eigenvalue weighted by Crippen LogP contribution is -2.38. The molecule has 0 atom stereocenters. The number of anilines is 2. The smallest absolute Gasteiger partial charge is 0.245 e. The highest BCUT2D eigenvalue weighted by Crippen LogP contribution is 2.27. The van der Waals surface area contributed by atoms with Crippen LogP contribution < -0.4 is 9.62 Å². The number of hydrogen-bond acceptors (Lipinski definition) is 4. The fourth-order valence-corrected chi connectivity index (χ4v) is 3.85. The van der Waals surface area contributed by atoms with Gasteiger partial charge in [-0.3, -0.25) is 9.10 Å². The Kier molecular flexibility index (Phi) is 6.60. The van der Waals surface area contributed by atoms with E-state index in [9.17, 15) is 22.0 Å². The van der Waals surface area contributed by atoms with Crippen molar-refractivity contribution in [1.29, 1.82) is 0 Å². The second-order valence-electron chi connectivity index (χ2n) is 5.34. The summed E-state index contributed by atoms with van der Waals surface area (Å²) in [5.41, 5.74) is 0.151. The monoisotopic (exact) mass is 400 g/mol. The Bertz CT molecular complexity index is 905. The summed E-state index contributed by atoms with van der Waals surface area (Å²) in [5.74, 6) is -1.74. The van der Waals surface area contributed by atoms with E-state index < -0.39 is 34.1 Å². The molecular formula is C17H18F2N2O3S2. The predicted octanol–water partition coefficient (Wildman–Crippen LogP) is 3.48. The van der Waals surface area contributed by atoms with Crippen LogP contribution in [0.3, 0.4) is 0 Å². The van der Waals surface area contributed by atoms with Crippen molar-refractivity contribution in [3.05, 3.63) is 54.1 Å². The quantitative estimate of drug-likeness (QED) is 0.723. The Hall–Kier alpha value is -2.13. The van der Waals surface area contributed by atoms with Gasteiger partial charge < -0.3 is 5.32 Å². The van der Waals surface area contributed by atoms with E-state index in [1.54, 1.807) is 12.1 Å². The summed E-state index contributed by atoms with van der Waals surface area (Å²) in [7, 11) is -3.96. The molecule has 0 aliphatic heterocycles. The average molecular weight is 400 g/mol. The number of rotatable bonds is 7. The Morgan fingerprint density at radius 1 is 1.19 bits per heavy atom. The highest BCUT2D eigenvalue weighted by molar-refractivity contribution is 7.99. The maximum atomic E-state index is 14.0. The minimum atomic E-state index is -3.96. The zero-order chi connectivity index (χ0) is 19.3. The van der Waals surface area contributed by atoms with Crippen LogP contribution in [0, 0.1) is 11.6 Å². The molecule has 0 saturated carbocycles. The molecule has 1 amide bonds. The van der Waals surface area contributed by atoms with E-state index in [2.05, 4.69) is 5.32 Å². The van der Waals surface area contributed by atoms with Crippen LogP contribution in [0.4, 0.5) is 20.2 Å². The van der Waals surface area contributed by atoms with E-state index in [1.807, 2.05) is 19.1 Å². The van der Waals surface area contributed by atoms with Crippen molar-refractivity contribution in [1.82, 2.24) is 0 Å². The lowest BCUT2D eigenvalue weighted by molar-refractivity contribution is -0.114. The SMILES string of the molecule is CCSc1ccccc1NC(=O)CN(c1ccc(F)cc1F)S(C)(=O)=O. The Labute approximate surface area is 155 Å². The number of nitrogens with zero attached hydrogens (tertiary/aromatic N) is 1. The number of nitrogens with one attached hydrogen (secondary N) is 1. The van der Waals surface area contributed by atoms with Crippen LogP contribution in [0.1, 0.15) is 6.92 Å². The number of carbonyl (C=O) groups is 1. The van der Waals surface area contributed by atoms with Crippen molar-refractivity contribution in [3.63, 3.8) is 0 Å². The molecule has 26 heavy (non-hydrogen) atoms. The van der Waals surface area contributed by atoms with Gasteiger partial charge in [-0.15, -0.1) is 11.8 Å². The summed E-state index contributed by atoms with van der Waals surface area (Å²) in [6.45, 7) is 1.33. The first-order valence-electron chi connectivity index (χ1n) is 7.66.